The molecular weight excluding hydrogens is 435 g/mol. The monoisotopic (exact) mass is 449 g/mol. The van der Waals surface area contributed by atoms with Crippen molar-refractivity contribution in [1.82, 2.24) is 0 Å². The predicted molar refractivity (Wildman–Crippen MR) is 108 cm³/mol. The second-order valence-electron chi connectivity index (χ2n) is 6.39. The fourth-order valence-corrected chi connectivity index (χ4v) is 2.88. The highest BCUT2D eigenvalue weighted by Crippen LogP contribution is 2.34. The number of phenolic OH excluding ortho intramolecular Hbond substituents is 1. The Balaban J connectivity index is 1.91. The predicted octanol–water partition coefficient (Wildman–Crippen LogP) is 5.60. The number of carbonyl (C=O) groups is 2. The molecule has 3 aromatic rings. The lowest BCUT2D eigenvalue weighted by atomic mass is 10.1. The standard InChI is InChI=1S/C22H15ClF3NO4/c23-16-11-10-14(22(24,25)26)12-17(16)27-20(29)19(13-6-2-1-3-7-13)31-21(30)15-8-4-5-9-18(15)28/h1-12,19,28H,(H,27,29)/t19-/m0/s1. The minimum absolute atomic E-state index is 0.125. The number of carbonyl (C=O) groups excluding carboxylic acids is 2. The molecule has 0 spiro atoms. The van der Waals surface area contributed by atoms with Gasteiger partial charge < -0.3 is 15.2 Å². The highest BCUT2D eigenvalue weighted by molar-refractivity contribution is 6.33. The molecule has 3 rings (SSSR count). The second-order valence-corrected chi connectivity index (χ2v) is 6.80. The number of alkyl halides is 3. The summed E-state index contributed by atoms with van der Waals surface area (Å²) in [5.74, 6) is -2.26. The summed E-state index contributed by atoms with van der Waals surface area (Å²) in [7, 11) is 0. The Labute approximate surface area is 180 Å². The maximum Gasteiger partial charge on any atom is 0.416 e. The minimum Gasteiger partial charge on any atom is -0.507 e. The van der Waals surface area contributed by atoms with Gasteiger partial charge in [-0.15, -0.1) is 0 Å². The van der Waals surface area contributed by atoms with E-state index < -0.39 is 29.7 Å². The van der Waals surface area contributed by atoms with Crippen molar-refractivity contribution in [2.75, 3.05) is 5.32 Å². The summed E-state index contributed by atoms with van der Waals surface area (Å²) in [6.45, 7) is 0. The van der Waals surface area contributed by atoms with Gasteiger partial charge in [0.2, 0.25) is 6.10 Å². The fraction of sp³-hybridized carbons (Fsp3) is 0.0909. The van der Waals surface area contributed by atoms with Gasteiger partial charge in [0.1, 0.15) is 11.3 Å². The van der Waals surface area contributed by atoms with Crippen molar-refractivity contribution in [2.45, 2.75) is 12.3 Å². The molecule has 9 heteroatoms. The zero-order valence-electron chi connectivity index (χ0n) is 15.7. The Morgan fingerprint density at radius 3 is 2.26 bits per heavy atom. The Morgan fingerprint density at radius 2 is 1.61 bits per heavy atom. The number of halogens is 4. The number of hydrogen-bond donors (Lipinski definition) is 2. The van der Waals surface area contributed by atoms with Crippen molar-refractivity contribution in [3.8, 4) is 5.75 Å². The Hall–Kier alpha value is -3.52. The number of benzene rings is 3. The van der Waals surface area contributed by atoms with E-state index in [0.717, 1.165) is 12.1 Å². The van der Waals surface area contributed by atoms with Crippen LogP contribution in [0.2, 0.25) is 5.02 Å². The van der Waals surface area contributed by atoms with Crippen molar-refractivity contribution in [3.05, 3.63) is 94.5 Å². The van der Waals surface area contributed by atoms with Crippen LogP contribution in [-0.4, -0.2) is 17.0 Å². The van der Waals surface area contributed by atoms with Crippen molar-refractivity contribution < 1.29 is 32.6 Å². The number of hydrogen-bond acceptors (Lipinski definition) is 4. The first-order valence-corrected chi connectivity index (χ1v) is 9.26. The van der Waals surface area contributed by atoms with Gasteiger partial charge in [-0.3, -0.25) is 4.79 Å². The lowest BCUT2D eigenvalue weighted by Crippen LogP contribution is -2.26. The van der Waals surface area contributed by atoms with Gasteiger partial charge in [-0.1, -0.05) is 54.1 Å². The van der Waals surface area contributed by atoms with E-state index in [2.05, 4.69) is 5.32 Å². The van der Waals surface area contributed by atoms with E-state index in [4.69, 9.17) is 16.3 Å². The third-order valence-electron chi connectivity index (χ3n) is 4.24. The summed E-state index contributed by atoms with van der Waals surface area (Å²) in [5, 5.41) is 12.0. The summed E-state index contributed by atoms with van der Waals surface area (Å²) in [5.41, 5.74) is -1.20. The topological polar surface area (TPSA) is 75.6 Å². The first-order valence-electron chi connectivity index (χ1n) is 8.88. The number of aromatic hydroxyl groups is 1. The molecule has 0 unspecified atom stereocenters. The molecule has 5 nitrogen and oxygen atoms in total. The molecule has 160 valence electrons. The highest BCUT2D eigenvalue weighted by atomic mass is 35.5. The maximum atomic E-state index is 13.0. The Bertz CT molecular complexity index is 1100. The van der Waals surface area contributed by atoms with E-state index in [9.17, 15) is 27.9 Å². The van der Waals surface area contributed by atoms with Gasteiger partial charge in [0, 0.05) is 5.56 Å². The van der Waals surface area contributed by atoms with Gasteiger partial charge >= 0.3 is 12.1 Å². The molecule has 0 saturated carbocycles. The smallest absolute Gasteiger partial charge is 0.416 e. The quantitative estimate of drug-likeness (QED) is 0.497. The zero-order chi connectivity index (χ0) is 22.6. The van der Waals surface area contributed by atoms with E-state index in [1.165, 1.54) is 36.4 Å². The fourth-order valence-electron chi connectivity index (χ4n) is 2.71. The number of anilines is 1. The van der Waals surface area contributed by atoms with Gasteiger partial charge in [-0.2, -0.15) is 13.2 Å². The molecule has 0 aromatic heterocycles. The molecule has 31 heavy (non-hydrogen) atoms. The molecule has 0 heterocycles. The number of esters is 1. The SMILES string of the molecule is O=C(O[C@H](C(=O)Nc1cc(C(F)(F)F)ccc1Cl)c1ccccc1)c1ccccc1O. The first-order chi connectivity index (χ1) is 14.7. The molecular formula is C22H15ClF3NO4. The lowest BCUT2D eigenvalue weighted by molar-refractivity contribution is -0.137. The number of phenols is 1. The van der Waals surface area contributed by atoms with Gasteiger partial charge in [0.25, 0.3) is 5.91 Å². The molecule has 0 bridgehead atoms. The second kappa shape index (κ2) is 9.09. The third kappa shape index (κ3) is 5.35. The number of rotatable bonds is 5. The maximum absolute atomic E-state index is 13.0. The third-order valence-corrected chi connectivity index (χ3v) is 4.57. The molecule has 3 aromatic carbocycles. The highest BCUT2D eigenvalue weighted by Gasteiger charge is 2.32. The summed E-state index contributed by atoms with van der Waals surface area (Å²) < 4.78 is 44.3. The molecule has 0 aliphatic carbocycles. The van der Waals surface area contributed by atoms with Crippen LogP contribution in [0, 0.1) is 0 Å². The van der Waals surface area contributed by atoms with Gasteiger partial charge in [-0.05, 0) is 30.3 Å². The summed E-state index contributed by atoms with van der Waals surface area (Å²) in [4.78, 5) is 25.4. The molecule has 0 fully saturated rings. The molecule has 1 amide bonds. The normalized spacial score (nSPS) is 12.1. The van der Waals surface area contributed by atoms with Crippen LogP contribution in [0.25, 0.3) is 0 Å². The van der Waals surface area contributed by atoms with Crippen molar-refractivity contribution in [3.63, 3.8) is 0 Å². The van der Waals surface area contributed by atoms with Crippen molar-refractivity contribution in [2.24, 2.45) is 0 Å². The summed E-state index contributed by atoms with van der Waals surface area (Å²) >= 11 is 5.94. The average Bonchev–Trinajstić information content (AvgIpc) is 2.73. The largest absolute Gasteiger partial charge is 0.507 e. The van der Waals surface area contributed by atoms with Crippen LogP contribution in [0.4, 0.5) is 18.9 Å². The molecule has 0 aliphatic heterocycles. The van der Waals surface area contributed by atoms with Crippen LogP contribution in [0.3, 0.4) is 0 Å². The van der Waals surface area contributed by atoms with Crippen LogP contribution in [0.5, 0.6) is 5.75 Å². The number of amides is 1. The molecule has 0 aliphatic rings. The number of para-hydroxylation sites is 1. The van der Waals surface area contributed by atoms with Crippen LogP contribution < -0.4 is 5.32 Å². The van der Waals surface area contributed by atoms with Crippen LogP contribution in [0.15, 0.2) is 72.8 Å². The van der Waals surface area contributed by atoms with Crippen LogP contribution >= 0.6 is 11.6 Å². The van der Waals surface area contributed by atoms with E-state index in [0.29, 0.717) is 6.07 Å². The molecule has 2 N–H and O–H groups in total. The van der Waals surface area contributed by atoms with Gasteiger partial charge in [-0.25, -0.2) is 4.79 Å². The first kappa shape index (κ1) is 22.2. The van der Waals surface area contributed by atoms with E-state index in [-0.39, 0.29) is 27.6 Å². The summed E-state index contributed by atoms with van der Waals surface area (Å²) in [6.07, 6.45) is -6.15. The van der Waals surface area contributed by atoms with Crippen LogP contribution in [0.1, 0.15) is 27.6 Å². The van der Waals surface area contributed by atoms with Gasteiger partial charge in [0.15, 0.2) is 0 Å². The van der Waals surface area contributed by atoms with Crippen LogP contribution in [-0.2, 0) is 15.7 Å². The number of ether oxygens (including phenoxy) is 1. The number of nitrogens with one attached hydrogen (secondary N) is 1. The van der Waals surface area contributed by atoms with E-state index in [1.54, 1.807) is 18.2 Å². The van der Waals surface area contributed by atoms with E-state index in [1.807, 2.05) is 0 Å². The summed E-state index contributed by atoms with van der Waals surface area (Å²) in [6, 6.07) is 15.9. The van der Waals surface area contributed by atoms with Crippen molar-refractivity contribution >= 4 is 29.2 Å². The molecule has 1 atom stereocenters. The Kier molecular flexibility index (Phi) is 6.50. The van der Waals surface area contributed by atoms with Gasteiger partial charge in [0.05, 0.1) is 16.3 Å². The molecule has 0 saturated heterocycles. The lowest BCUT2D eigenvalue weighted by Gasteiger charge is -2.19. The van der Waals surface area contributed by atoms with E-state index >= 15 is 0 Å². The Morgan fingerprint density at radius 1 is 0.968 bits per heavy atom. The average molecular weight is 450 g/mol. The zero-order valence-corrected chi connectivity index (χ0v) is 16.4. The van der Waals surface area contributed by atoms with Crippen molar-refractivity contribution in [1.29, 1.82) is 0 Å². The molecule has 0 radical (unpaired) electrons. The minimum atomic E-state index is -4.64.